The highest BCUT2D eigenvalue weighted by Gasteiger charge is 2.28. The molecule has 2 unspecified atom stereocenters. The van der Waals surface area contributed by atoms with Crippen molar-refractivity contribution < 1.29 is 4.74 Å². The third-order valence-corrected chi connectivity index (χ3v) is 3.43. The predicted octanol–water partition coefficient (Wildman–Crippen LogP) is 1.30. The van der Waals surface area contributed by atoms with Gasteiger partial charge in [-0.2, -0.15) is 0 Å². The van der Waals surface area contributed by atoms with Crippen molar-refractivity contribution in [1.29, 1.82) is 0 Å². The lowest BCUT2D eigenvalue weighted by Gasteiger charge is -2.36. The SMILES string of the molecule is CCCN1CCOC(C(NN)c2ccccc2)C1. The molecule has 3 N–H and O–H groups in total. The third-order valence-electron chi connectivity index (χ3n) is 3.43. The molecule has 1 fully saturated rings. The van der Waals surface area contributed by atoms with Crippen molar-refractivity contribution in [1.82, 2.24) is 10.3 Å². The lowest BCUT2D eigenvalue weighted by atomic mass is 10.0. The summed E-state index contributed by atoms with van der Waals surface area (Å²) in [4.78, 5) is 2.45. The number of benzene rings is 1. The minimum absolute atomic E-state index is 0.0610. The Morgan fingerprint density at radius 1 is 1.44 bits per heavy atom. The second-order valence-corrected chi connectivity index (χ2v) is 4.76. The van der Waals surface area contributed by atoms with Gasteiger partial charge in [0, 0.05) is 13.1 Å². The number of nitrogens with zero attached hydrogens (tertiary/aromatic N) is 1. The van der Waals surface area contributed by atoms with E-state index < -0.39 is 0 Å². The van der Waals surface area contributed by atoms with Crippen LogP contribution in [0, 0.1) is 0 Å². The van der Waals surface area contributed by atoms with E-state index in [9.17, 15) is 0 Å². The summed E-state index contributed by atoms with van der Waals surface area (Å²) in [6, 6.07) is 10.3. The molecule has 4 nitrogen and oxygen atoms in total. The average molecular weight is 249 g/mol. The summed E-state index contributed by atoms with van der Waals surface area (Å²) < 4.78 is 5.88. The Balaban J connectivity index is 2.03. The van der Waals surface area contributed by atoms with Crippen LogP contribution in [0.3, 0.4) is 0 Å². The van der Waals surface area contributed by atoms with E-state index in [1.54, 1.807) is 0 Å². The van der Waals surface area contributed by atoms with E-state index in [4.69, 9.17) is 10.6 Å². The molecule has 1 saturated heterocycles. The number of hydrazine groups is 1. The van der Waals surface area contributed by atoms with E-state index in [1.807, 2.05) is 18.2 Å². The van der Waals surface area contributed by atoms with Crippen LogP contribution in [0.2, 0.25) is 0 Å². The minimum Gasteiger partial charge on any atom is -0.374 e. The Kier molecular flexibility index (Phi) is 5.13. The molecule has 1 aliphatic rings. The summed E-state index contributed by atoms with van der Waals surface area (Å²) >= 11 is 0. The van der Waals surface area contributed by atoms with Gasteiger partial charge in [-0.05, 0) is 18.5 Å². The number of nitrogens with two attached hydrogens (primary N) is 1. The van der Waals surface area contributed by atoms with Gasteiger partial charge in [0.25, 0.3) is 0 Å². The molecule has 0 saturated carbocycles. The van der Waals surface area contributed by atoms with E-state index in [-0.39, 0.29) is 12.1 Å². The molecule has 2 atom stereocenters. The zero-order valence-electron chi connectivity index (χ0n) is 11.0. The van der Waals surface area contributed by atoms with Gasteiger partial charge in [-0.25, -0.2) is 0 Å². The number of hydrogen-bond donors (Lipinski definition) is 2. The van der Waals surface area contributed by atoms with E-state index >= 15 is 0 Å². The molecule has 2 rings (SSSR count). The van der Waals surface area contributed by atoms with Crippen LogP contribution in [0.4, 0.5) is 0 Å². The molecule has 0 bridgehead atoms. The maximum atomic E-state index is 5.88. The summed E-state index contributed by atoms with van der Waals surface area (Å²) in [7, 11) is 0. The van der Waals surface area contributed by atoms with Gasteiger partial charge in [0.15, 0.2) is 0 Å². The van der Waals surface area contributed by atoms with Crippen molar-refractivity contribution in [3.05, 3.63) is 35.9 Å². The van der Waals surface area contributed by atoms with Crippen LogP contribution in [0.1, 0.15) is 24.9 Å². The van der Waals surface area contributed by atoms with Crippen molar-refractivity contribution in [3.63, 3.8) is 0 Å². The van der Waals surface area contributed by atoms with Gasteiger partial charge in [-0.15, -0.1) is 0 Å². The molecule has 0 spiro atoms. The van der Waals surface area contributed by atoms with Gasteiger partial charge in [0.05, 0.1) is 18.8 Å². The summed E-state index contributed by atoms with van der Waals surface area (Å²) in [5, 5.41) is 0. The van der Waals surface area contributed by atoms with Crippen LogP contribution in [-0.2, 0) is 4.74 Å². The highest BCUT2D eigenvalue weighted by atomic mass is 16.5. The molecule has 0 amide bonds. The molecule has 4 heteroatoms. The highest BCUT2D eigenvalue weighted by molar-refractivity contribution is 5.20. The molecule has 1 aromatic carbocycles. The van der Waals surface area contributed by atoms with Gasteiger partial charge in [0.2, 0.25) is 0 Å². The fraction of sp³-hybridized carbons (Fsp3) is 0.571. The molecule has 0 aliphatic carbocycles. The fourth-order valence-electron chi connectivity index (χ4n) is 2.53. The molecular weight excluding hydrogens is 226 g/mol. The lowest BCUT2D eigenvalue weighted by molar-refractivity contribution is -0.0471. The van der Waals surface area contributed by atoms with E-state index in [2.05, 4.69) is 29.4 Å². The molecule has 18 heavy (non-hydrogen) atoms. The van der Waals surface area contributed by atoms with Crippen molar-refractivity contribution in [2.75, 3.05) is 26.2 Å². The molecule has 1 aromatic rings. The third kappa shape index (κ3) is 3.29. The molecule has 0 aromatic heterocycles. The van der Waals surface area contributed by atoms with E-state index in [0.29, 0.717) is 0 Å². The predicted molar refractivity (Wildman–Crippen MR) is 73.0 cm³/mol. The monoisotopic (exact) mass is 249 g/mol. The van der Waals surface area contributed by atoms with E-state index in [0.717, 1.165) is 26.2 Å². The first-order valence-electron chi connectivity index (χ1n) is 6.70. The smallest absolute Gasteiger partial charge is 0.0909 e. The van der Waals surface area contributed by atoms with Gasteiger partial charge in [0.1, 0.15) is 0 Å². The van der Waals surface area contributed by atoms with Crippen molar-refractivity contribution in [3.8, 4) is 0 Å². The van der Waals surface area contributed by atoms with Crippen LogP contribution in [0.15, 0.2) is 30.3 Å². The molecule has 0 radical (unpaired) electrons. The first-order chi connectivity index (χ1) is 8.85. The Morgan fingerprint density at radius 2 is 2.22 bits per heavy atom. The minimum atomic E-state index is 0.0610. The summed E-state index contributed by atoms with van der Waals surface area (Å²) in [5.74, 6) is 5.71. The number of hydrogen-bond acceptors (Lipinski definition) is 4. The highest BCUT2D eigenvalue weighted by Crippen LogP contribution is 2.21. The van der Waals surface area contributed by atoms with Crippen LogP contribution in [0.5, 0.6) is 0 Å². The maximum absolute atomic E-state index is 5.88. The summed E-state index contributed by atoms with van der Waals surface area (Å²) in [6.07, 6.45) is 1.30. The largest absolute Gasteiger partial charge is 0.374 e. The van der Waals surface area contributed by atoms with E-state index in [1.165, 1.54) is 12.0 Å². The zero-order chi connectivity index (χ0) is 12.8. The Labute approximate surface area is 109 Å². The topological polar surface area (TPSA) is 50.5 Å². The second-order valence-electron chi connectivity index (χ2n) is 4.76. The molecular formula is C14H23N3O. The van der Waals surface area contributed by atoms with Crippen molar-refractivity contribution >= 4 is 0 Å². The maximum Gasteiger partial charge on any atom is 0.0909 e. The summed E-state index contributed by atoms with van der Waals surface area (Å²) in [6.45, 7) is 6.09. The summed E-state index contributed by atoms with van der Waals surface area (Å²) in [5.41, 5.74) is 4.08. The van der Waals surface area contributed by atoms with Crippen molar-refractivity contribution in [2.24, 2.45) is 5.84 Å². The van der Waals surface area contributed by atoms with Crippen molar-refractivity contribution in [2.45, 2.75) is 25.5 Å². The number of nitrogens with one attached hydrogen (secondary N) is 1. The lowest BCUT2D eigenvalue weighted by Crippen LogP contribution is -2.49. The van der Waals surface area contributed by atoms with Crippen LogP contribution in [-0.4, -0.2) is 37.2 Å². The van der Waals surface area contributed by atoms with Gasteiger partial charge >= 0.3 is 0 Å². The normalized spacial score (nSPS) is 22.9. The zero-order valence-corrected chi connectivity index (χ0v) is 11.0. The van der Waals surface area contributed by atoms with Crippen LogP contribution >= 0.6 is 0 Å². The van der Waals surface area contributed by atoms with Gasteiger partial charge < -0.3 is 4.74 Å². The number of rotatable bonds is 5. The first-order valence-corrected chi connectivity index (χ1v) is 6.70. The van der Waals surface area contributed by atoms with Crippen LogP contribution < -0.4 is 11.3 Å². The second kappa shape index (κ2) is 6.85. The number of morpholine rings is 1. The molecule has 100 valence electrons. The average Bonchev–Trinajstić information content (AvgIpc) is 2.42. The number of ether oxygens (including phenoxy) is 1. The van der Waals surface area contributed by atoms with Gasteiger partial charge in [-0.1, -0.05) is 37.3 Å². The Hall–Kier alpha value is -0.940. The van der Waals surface area contributed by atoms with Gasteiger partial charge in [-0.3, -0.25) is 16.2 Å². The standard InChI is InChI=1S/C14H23N3O/c1-2-8-17-9-10-18-13(11-17)14(16-15)12-6-4-3-5-7-12/h3-7,13-14,16H,2,8-11,15H2,1H3. The first kappa shape index (κ1) is 13.5. The quantitative estimate of drug-likeness (QED) is 0.610. The van der Waals surface area contributed by atoms with Crippen LogP contribution in [0.25, 0.3) is 0 Å². The Bertz CT molecular complexity index is 342. The Morgan fingerprint density at radius 3 is 2.89 bits per heavy atom. The molecule has 1 heterocycles. The fourth-order valence-corrected chi connectivity index (χ4v) is 2.53. The molecule has 1 aliphatic heterocycles.